The van der Waals surface area contributed by atoms with Gasteiger partial charge in [-0.25, -0.2) is 4.79 Å². The summed E-state index contributed by atoms with van der Waals surface area (Å²) in [7, 11) is 0. The van der Waals surface area contributed by atoms with Crippen LogP contribution in [-0.4, -0.2) is 22.5 Å². The zero-order chi connectivity index (χ0) is 17.0. The minimum absolute atomic E-state index is 0.111. The van der Waals surface area contributed by atoms with Crippen molar-refractivity contribution in [2.45, 2.75) is 32.3 Å². The third-order valence-electron chi connectivity index (χ3n) is 4.05. The van der Waals surface area contributed by atoms with Crippen molar-refractivity contribution in [3.05, 3.63) is 60.4 Å². The molecule has 4 nitrogen and oxygen atoms in total. The normalized spacial score (nSPS) is 23.7. The molecule has 23 heavy (non-hydrogen) atoms. The van der Waals surface area contributed by atoms with Gasteiger partial charge in [-0.3, -0.25) is 4.79 Å². The van der Waals surface area contributed by atoms with Gasteiger partial charge >= 0.3 is 5.97 Å². The van der Waals surface area contributed by atoms with Crippen LogP contribution < -0.4 is 0 Å². The molecule has 4 heteroatoms. The number of ketones is 1. The Morgan fingerprint density at radius 2 is 1.83 bits per heavy atom. The standard InChI is InChI=1S/C19H22O4/c1-4-13-5-7-14(8-6-13)17(20)15-9-11-16(12-10-15)23-19(2,3)18(21)22/h4-7,9,11-12,14-15H,1,8,10H2,2-3H3,(H,21,22). The number of rotatable bonds is 6. The minimum Gasteiger partial charge on any atom is -0.478 e. The maximum Gasteiger partial charge on any atom is 0.347 e. The largest absolute Gasteiger partial charge is 0.478 e. The van der Waals surface area contributed by atoms with Crippen molar-refractivity contribution in [2.24, 2.45) is 11.8 Å². The Bertz CT molecular complexity index is 632. The maximum atomic E-state index is 12.5. The second-order valence-corrected chi connectivity index (χ2v) is 6.24. The van der Waals surface area contributed by atoms with E-state index in [2.05, 4.69) is 6.58 Å². The average molecular weight is 314 g/mol. The van der Waals surface area contributed by atoms with Gasteiger partial charge in [-0.15, -0.1) is 0 Å². The summed E-state index contributed by atoms with van der Waals surface area (Å²) >= 11 is 0. The first-order valence-corrected chi connectivity index (χ1v) is 7.69. The zero-order valence-electron chi connectivity index (χ0n) is 13.5. The molecule has 2 rings (SSSR count). The highest BCUT2D eigenvalue weighted by Gasteiger charge is 2.31. The maximum absolute atomic E-state index is 12.5. The van der Waals surface area contributed by atoms with E-state index in [0.717, 1.165) is 5.57 Å². The van der Waals surface area contributed by atoms with Gasteiger partial charge in [0.25, 0.3) is 0 Å². The van der Waals surface area contributed by atoms with Gasteiger partial charge in [-0.1, -0.05) is 37.0 Å². The van der Waals surface area contributed by atoms with Crippen LogP contribution in [0, 0.1) is 11.8 Å². The van der Waals surface area contributed by atoms with Crippen molar-refractivity contribution in [2.75, 3.05) is 0 Å². The van der Waals surface area contributed by atoms with Crippen molar-refractivity contribution in [1.82, 2.24) is 0 Å². The Hall–Kier alpha value is -2.36. The highest BCUT2D eigenvalue weighted by molar-refractivity contribution is 5.87. The molecule has 0 aromatic rings. The Kier molecular flexibility index (Phi) is 5.04. The quantitative estimate of drug-likeness (QED) is 0.814. The Morgan fingerprint density at radius 1 is 1.22 bits per heavy atom. The van der Waals surface area contributed by atoms with Crippen LogP contribution in [0.15, 0.2) is 60.4 Å². The molecule has 0 aromatic heterocycles. The van der Waals surface area contributed by atoms with E-state index in [1.165, 1.54) is 13.8 Å². The van der Waals surface area contributed by atoms with E-state index < -0.39 is 11.6 Å². The van der Waals surface area contributed by atoms with Crippen LogP contribution >= 0.6 is 0 Å². The van der Waals surface area contributed by atoms with Gasteiger partial charge < -0.3 is 9.84 Å². The number of ether oxygens (including phenoxy) is 1. The number of Topliss-reactive ketones (excluding diaryl/α,β-unsaturated/α-hetero) is 1. The van der Waals surface area contributed by atoms with Crippen LogP contribution in [0.1, 0.15) is 26.7 Å². The highest BCUT2D eigenvalue weighted by Crippen LogP contribution is 2.27. The first-order valence-electron chi connectivity index (χ1n) is 7.69. The summed E-state index contributed by atoms with van der Waals surface area (Å²) in [5.74, 6) is -0.662. The topological polar surface area (TPSA) is 63.6 Å². The summed E-state index contributed by atoms with van der Waals surface area (Å²) in [5, 5.41) is 9.07. The lowest BCUT2D eigenvalue weighted by Gasteiger charge is -2.25. The minimum atomic E-state index is -1.29. The average Bonchev–Trinajstić information content (AvgIpc) is 2.54. The molecular weight excluding hydrogens is 292 g/mol. The molecule has 2 atom stereocenters. The molecule has 1 N–H and O–H groups in total. The van der Waals surface area contributed by atoms with Crippen LogP contribution in [0.25, 0.3) is 0 Å². The lowest BCUT2D eigenvalue weighted by atomic mass is 9.83. The number of carboxylic acids is 1. The van der Waals surface area contributed by atoms with Gasteiger partial charge in [-0.05, 0) is 44.4 Å². The molecule has 0 spiro atoms. The molecule has 0 radical (unpaired) electrons. The van der Waals surface area contributed by atoms with Crippen molar-refractivity contribution < 1.29 is 19.4 Å². The first-order chi connectivity index (χ1) is 10.8. The van der Waals surface area contributed by atoms with Crippen LogP contribution in [0.5, 0.6) is 0 Å². The fraction of sp³-hybridized carbons (Fsp3) is 0.368. The van der Waals surface area contributed by atoms with E-state index in [-0.39, 0.29) is 17.6 Å². The van der Waals surface area contributed by atoms with Gasteiger partial charge in [-0.2, -0.15) is 0 Å². The molecule has 0 saturated heterocycles. The summed E-state index contributed by atoms with van der Waals surface area (Å²) in [6.07, 6.45) is 14.1. The molecule has 0 aromatic carbocycles. The Balaban J connectivity index is 1.94. The molecule has 0 bridgehead atoms. The molecule has 2 aliphatic rings. The molecule has 0 amide bonds. The van der Waals surface area contributed by atoms with E-state index in [9.17, 15) is 9.59 Å². The van der Waals surface area contributed by atoms with Crippen LogP contribution in [0.3, 0.4) is 0 Å². The van der Waals surface area contributed by atoms with Crippen molar-refractivity contribution >= 4 is 11.8 Å². The molecule has 0 saturated carbocycles. The van der Waals surface area contributed by atoms with Crippen molar-refractivity contribution in [1.29, 1.82) is 0 Å². The van der Waals surface area contributed by atoms with Gasteiger partial charge in [0, 0.05) is 11.8 Å². The number of carbonyl (C=O) groups is 2. The summed E-state index contributed by atoms with van der Waals surface area (Å²) < 4.78 is 5.47. The van der Waals surface area contributed by atoms with E-state index in [1.54, 1.807) is 24.3 Å². The molecule has 0 heterocycles. The zero-order valence-corrected chi connectivity index (χ0v) is 13.5. The van der Waals surface area contributed by atoms with E-state index in [0.29, 0.717) is 18.6 Å². The number of hydrogen-bond acceptors (Lipinski definition) is 3. The van der Waals surface area contributed by atoms with Crippen LogP contribution in [-0.2, 0) is 14.3 Å². The third-order valence-corrected chi connectivity index (χ3v) is 4.05. The van der Waals surface area contributed by atoms with Gasteiger partial charge in [0.15, 0.2) is 5.60 Å². The molecule has 2 unspecified atom stereocenters. The predicted octanol–water partition coefficient (Wildman–Crippen LogP) is 3.58. The van der Waals surface area contributed by atoms with E-state index in [4.69, 9.17) is 9.84 Å². The molecular formula is C19H22O4. The molecule has 0 fully saturated rings. The van der Waals surface area contributed by atoms with Crippen molar-refractivity contribution in [3.8, 4) is 0 Å². The molecule has 122 valence electrons. The van der Waals surface area contributed by atoms with Gasteiger partial charge in [0.1, 0.15) is 11.5 Å². The second kappa shape index (κ2) is 6.82. The Morgan fingerprint density at radius 3 is 2.26 bits per heavy atom. The van der Waals surface area contributed by atoms with Crippen molar-refractivity contribution in [3.63, 3.8) is 0 Å². The van der Waals surface area contributed by atoms with Gasteiger partial charge in [0.2, 0.25) is 0 Å². The highest BCUT2D eigenvalue weighted by atomic mass is 16.5. The van der Waals surface area contributed by atoms with E-state index in [1.807, 2.05) is 18.2 Å². The number of carboxylic acid groups (broad SMARTS) is 1. The van der Waals surface area contributed by atoms with Crippen LogP contribution in [0.2, 0.25) is 0 Å². The first kappa shape index (κ1) is 17.0. The summed E-state index contributed by atoms with van der Waals surface area (Å²) in [5.41, 5.74) is -0.245. The van der Waals surface area contributed by atoms with Crippen LogP contribution in [0.4, 0.5) is 0 Å². The van der Waals surface area contributed by atoms with E-state index >= 15 is 0 Å². The Labute approximate surface area is 136 Å². The number of aliphatic carboxylic acids is 1. The fourth-order valence-electron chi connectivity index (χ4n) is 2.50. The monoisotopic (exact) mass is 314 g/mol. The lowest BCUT2D eigenvalue weighted by molar-refractivity contribution is -0.156. The third kappa shape index (κ3) is 4.09. The predicted molar refractivity (Wildman–Crippen MR) is 88.7 cm³/mol. The summed E-state index contributed by atoms with van der Waals surface area (Å²) in [6, 6.07) is 0. The summed E-state index contributed by atoms with van der Waals surface area (Å²) in [4.78, 5) is 23.6. The second-order valence-electron chi connectivity index (χ2n) is 6.24. The molecule has 0 aliphatic heterocycles. The fourth-order valence-corrected chi connectivity index (χ4v) is 2.50. The number of hydrogen-bond donors (Lipinski definition) is 1. The number of carbonyl (C=O) groups excluding carboxylic acids is 1. The lowest BCUT2D eigenvalue weighted by Crippen LogP contribution is -2.34. The SMILES string of the molecule is C=CC1=CCC(C(=O)C2C=CC(OC(C)(C)C(=O)O)=CC2)C=C1. The summed E-state index contributed by atoms with van der Waals surface area (Å²) in [6.45, 7) is 6.71. The van der Waals surface area contributed by atoms with Gasteiger partial charge in [0.05, 0.1) is 0 Å². The number of allylic oxidation sites excluding steroid dienone is 8. The molecule has 2 aliphatic carbocycles. The smallest absolute Gasteiger partial charge is 0.347 e.